The average Bonchev–Trinajstić information content (AvgIpc) is 2.76. The maximum atomic E-state index is 12.5. The molecule has 1 aliphatic heterocycles. The highest BCUT2D eigenvalue weighted by Gasteiger charge is 2.24. The van der Waals surface area contributed by atoms with Crippen LogP contribution >= 0.6 is 0 Å². The van der Waals surface area contributed by atoms with Gasteiger partial charge in [0.25, 0.3) is 0 Å². The highest BCUT2D eigenvalue weighted by molar-refractivity contribution is 5.74. The standard InChI is InChI=1S/C22H46N4O5/c1-3-4-5-6-10-25(16-21(30)20(29)14-19(28)17-27)13-9-24-22(31)26-11-7-18(8-12-26)15-23-2/h18-21,23,27-30H,3-17H2,1-2H3,(H,24,31)/t19-,20-,21-/m0/s1. The molecule has 0 saturated carbocycles. The second-order valence-electron chi connectivity index (χ2n) is 8.79. The van der Waals surface area contributed by atoms with Gasteiger partial charge >= 0.3 is 6.03 Å². The van der Waals surface area contributed by atoms with Gasteiger partial charge in [0.1, 0.15) is 0 Å². The van der Waals surface area contributed by atoms with Crippen molar-refractivity contribution in [3.63, 3.8) is 0 Å². The van der Waals surface area contributed by atoms with Gasteiger partial charge in [-0.2, -0.15) is 0 Å². The number of likely N-dealkylation sites (tertiary alicyclic amines) is 1. The lowest BCUT2D eigenvalue weighted by molar-refractivity contribution is -0.0357. The van der Waals surface area contributed by atoms with Crippen molar-refractivity contribution < 1.29 is 25.2 Å². The van der Waals surface area contributed by atoms with E-state index in [0.717, 1.165) is 64.7 Å². The summed E-state index contributed by atoms with van der Waals surface area (Å²) >= 11 is 0. The van der Waals surface area contributed by atoms with E-state index in [1.54, 1.807) is 0 Å². The summed E-state index contributed by atoms with van der Waals surface area (Å²) in [5.74, 6) is 0.630. The number of aliphatic hydroxyl groups excluding tert-OH is 4. The van der Waals surface area contributed by atoms with Crippen molar-refractivity contribution >= 4 is 6.03 Å². The summed E-state index contributed by atoms with van der Waals surface area (Å²) < 4.78 is 0. The Morgan fingerprint density at radius 3 is 2.42 bits per heavy atom. The molecule has 0 aliphatic carbocycles. The Bertz CT molecular complexity index is 463. The Labute approximate surface area is 187 Å². The van der Waals surface area contributed by atoms with Crippen LogP contribution in [0.2, 0.25) is 0 Å². The molecule has 6 N–H and O–H groups in total. The van der Waals surface area contributed by atoms with E-state index in [9.17, 15) is 20.1 Å². The van der Waals surface area contributed by atoms with Crippen LogP contribution in [0.15, 0.2) is 0 Å². The van der Waals surface area contributed by atoms with E-state index in [1.165, 1.54) is 0 Å². The minimum absolute atomic E-state index is 0.0412. The molecule has 1 saturated heterocycles. The third-order valence-electron chi connectivity index (χ3n) is 6.04. The SMILES string of the molecule is CCCCCCN(CCNC(=O)N1CCC(CNC)CC1)C[C@H](O)[C@@H](O)C[C@H](O)CO. The van der Waals surface area contributed by atoms with Crippen LogP contribution in [0.5, 0.6) is 0 Å². The van der Waals surface area contributed by atoms with Crippen molar-refractivity contribution in [1.82, 2.24) is 20.4 Å². The Morgan fingerprint density at radius 2 is 1.81 bits per heavy atom. The van der Waals surface area contributed by atoms with E-state index >= 15 is 0 Å². The molecule has 0 unspecified atom stereocenters. The van der Waals surface area contributed by atoms with Crippen molar-refractivity contribution in [1.29, 1.82) is 0 Å². The van der Waals surface area contributed by atoms with E-state index in [4.69, 9.17) is 5.11 Å². The van der Waals surface area contributed by atoms with E-state index in [1.807, 2.05) is 16.8 Å². The molecule has 31 heavy (non-hydrogen) atoms. The number of hydrogen-bond donors (Lipinski definition) is 6. The van der Waals surface area contributed by atoms with Crippen molar-refractivity contribution in [3.8, 4) is 0 Å². The van der Waals surface area contributed by atoms with Gasteiger partial charge in [0.2, 0.25) is 0 Å². The lowest BCUT2D eigenvalue weighted by atomic mass is 9.97. The van der Waals surface area contributed by atoms with Gasteiger partial charge in [-0.1, -0.05) is 26.2 Å². The summed E-state index contributed by atoms with van der Waals surface area (Å²) in [5, 5.41) is 45.0. The molecule has 1 heterocycles. The van der Waals surface area contributed by atoms with Crippen LogP contribution in [-0.4, -0.2) is 114 Å². The zero-order chi connectivity index (χ0) is 23.1. The number of urea groups is 1. The molecule has 2 amide bonds. The predicted octanol–water partition coefficient (Wildman–Crippen LogP) is -0.0252. The molecule has 3 atom stereocenters. The highest BCUT2D eigenvalue weighted by atomic mass is 16.3. The minimum atomic E-state index is -1.10. The second-order valence-corrected chi connectivity index (χ2v) is 8.79. The Balaban J connectivity index is 2.43. The summed E-state index contributed by atoms with van der Waals surface area (Å²) in [6.07, 6.45) is 3.18. The van der Waals surface area contributed by atoms with Crippen molar-refractivity contribution in [2.75, 3.05) is 59.5 Å². The van der Waals surface area contributed by atoms with Gasteiger partial charge in [0.05, 0.1) is 24.9 Å². The minimum Gasteiger partial charge on any atom is -0.394 e. The molecule has 0 spiro atoms. The van der Waals surface area contributed by atoms with Gasteiger partial charge in [-0.3, -0.25) is 4.90 Å². The number of aliphatic hydroxyl groups is 4. The van der Waals surface area contributed by atoms with Crippen LogP contribution in [0.4, 0.5) is 4.79 Å². The summed E-state index contributed by atoms with van der Waals surface area (Å²) in [6.45, 7) is 6.35. The number of carbonyl (C=O) groups excluding carboxylic acids is 1. The van der Waals surface area contributed by atoms with E-state index in [-0.39, 0.29) is 19.0 Å². The van der Waals surface area contributed by atoms with Crippen LogP contribution in [0, 0.1) is 5.92 Å². The molecular weight excluding hydrogens is 400 g/mol. The number of hydrogen-bond acceptors (Lipinski definition) is 7. The third kappa shape index (κ3) is 12.0. The summed E-state index contributed by atoms with van der Waals surface area (Å²) in [5.41, 5.74) is 0. The molecule has 0 radical (unpaired) electrons. The molecule has 1 rings (SSSR count). The van der Waals surface area contributed by atoms with E-state index in [0.29, 0.717) is 19.0 Å². The first-order valence-corrected chi connectivity index (χ1v) is 12.0. The zero-order valence-electron chi connectivity index (χ0n) is 19.5. The molecular formula is C22H46N4O5. The predicted molar refractivity (Wildman–Crippen MR) is 122 cm³/mol. The molecule has 0 bridgehead atoms. The van der Waals surface area contributed by atoms with E-state index < -0.39 is 24.9 Å². The fraction of sp³-hybridized carbons (Fsp3) is 0.955. The number of piperidine rings is 1. The molecule has 0 aromatic heterocycles. The van der Waals surface area contributed by atoms with Gasteiger partial charge in [0.15, 0.2) is 0 Å². The Morgan fingerprint density at radius 1 is 1.10 bits per heavy atom. The number of carbonyl (C=O) groups is 1. The highest BCUT2D eigenvalue weighted by Crippen LogP contribution is 2.16. The lowest BCUT2D eigenvalue weighted by Gasteiger charge is -2.32. The third-order valence-corrected chi connectivity index (χ3v) is 6.04. The first kappa shape index (κ1) is 28.1. The number of nitrogens with zero attached hydrogens (tertiary/aromatic N) is 2. The summed E-state index contributed by atoms with van der Waals surface area (Å²) in [7, 11) is 1.96. The number of nitrogens with one attached hydrogen (secondary N) is 2. The number of rotatable bonds is 16. The average molecular weight is 447 g/mol. The second kappa shape index (κ2) is 16.6. The number of unbranched alkanes of at least 4 members (excludes halogenated alkanes) is 3. The van der Waals surface area contributed by atoms with E-state index in [2.05, 4.69) is 17.6 Å². The van der Waals surface area contributed by atoms with Crippen LogP contribution in [0.1, 0.15) is 51.9 Å². The summed E-state index contributed by atoms with van der Waals surface area (Å²) in [4.78, 5) is 16.4. The van der Waals surface area contributed by atoms with Gasteiger partial charge in [-0.25, -0.2) is 4.79 Å². The fourth-order valence-electron chi connectivity index (χ4n) is 4.01. The van der Waals surface area contributed by atoms with Crippen molar-refractivity contribution in [3.05, 3.63) is 0 Å². The van der Waals surface area contributed by atoms with Crippen LogP contribution < -0.4 is 10.6 Å². The topological polar surface area (TPSA) is 129 Å². The van der Waals surface area contributed by atoms with Gasteiger partial charge in [-0.15, -0.1) is 0 Å². The summed E-state index contributed by atoms with van der Waals surface area (Å²) in [6, 6.07) is -0.0412. The molecule has 184 valence electrons. The first-order valence-electron chi connectivity index (χ1n) is 12.0. The maximum Gasteiger partial charge on any atom is 0.317 e. The zero-order valence-corrected chi connectivity index (χ0v) is 19.5. The fourth-order valence-corrected chi connectivity index (χ4v) is 4.01. The lowest BCUT2D eigenvalue weighted by Crippen LogP contribution is -2.48. The van der Waals surface area contributed by atoms with Gasteiger partial charge < -0.3 is 36.0 Å². The Hall–Kier alpha value is -0.970. The molecule has 0 aromatic carbocycles. The van der Waals surface area contributed by atoms with Crippen molar-refractivity contribution in [2.24, 2.45) is 5.92 Å². The maximum absolute atomic E-state index is 12.5. The monoisotopic (exact) mass is 446 g/mol. The normalized spacial score (nSPS) is 18.2. The number of amides is 2. The van der Waals surface area contributed by atoms with Crippen LogP contribution in [0.25, 0.3) is 0 Å². The molecule has 9 nitrogen and oxygen atoms in total. The van der Waals surface area contributed by atoms with Crippen LogP contribution in [0.3, 0.4) is 0 Å². The Kier molecular flexibility index (Phi) is 15.1. The largest absolute Gasteiger partial charge is 0.394 e. The quantitative estimate of drug-likeness (QED) is 0.184. The van der Waals surface area contributed by atoms with Crippen molar-refractivity contribution in [2.45, 2.75) is 70.2 Å². The molecule has 9 heteroatoms. The molecule has 1 aliphatic rings. The smallest absolute Gasteiger partial charge is 0.317 e. The first-order chi connectivity index (χ1) is 14.9. The van der Waals surface area contributed by atoms with Gasteiger partial charge in [-0.05, 0) is 45.3 Å². The molecule has 0 aromatic rings. The van der Waals surface area contributed by atoms with Crippen LogP contribution in [-0.2, 0) is 0 Å². The molecule has 1 fully saturated rings. The van der Waals surface area contributed by atoms with Gasteiger partial charge in [0, 0.05) is 39.1 Å².